The first-order valence-corrected chi connectivity index (χ1v) is 12.0. The molecule has 7 nitrogen and oxygen atoms in total. The summed E-state index contributed by atoms with van der Waals surface area (Å²) in [5.41, 5.74) is 3.20. The molecule has 2 heterocycles. The Hall–Kier alpha value is -1.64. The molecule has 8 heteroatoms. The maximum Gasteiger partial charge on any atom is 0.227 e. The lowest BCUT2D eigenvalue weighted by molar-refractivity contribution is -0.120. The topological polar surface area (TPSA) is 73.0 Å². The van der Waals surface area contributed by atoms with Gasteiger partial charge in [-0.05, 0) is 50.1 Å². The zero-order valence-electron chi connectivity index (χ0n) is 17.1. The van der Waals surface area contributed by atoms with Crippen LogP contribution in [0, 0.1) is 12.8 Å². The lowest BCUT2D eigenvalue weighted by Crippen LogP contribution is -2.46. The van der Waals surface area contributed by atoms with Crippen LogP contribution in [0.5, 0.6) is 0 Å². The largest absolute Gasteiger partial charge is 0.369 e. The van der Waals surface area contributed by atoms with Crippen LogP contribution in [0.15, 0.2) is 18.2 Å². The number of nitrogens with one attached hydrogen (secondary N) is 1. The number of piperidine rings is 1. The summed E-state index contributed by atoms with van der Waals surface area (Å²) in [5.74, 6) is -0.156. The number of carbonyl (C=O) groups is 1. The summed E-state index contributed by atoms with van der Waals surface area (Å²) >= 11 is 0. The number of benzene rings is 1. The quantitative estimate of drug-likeness (QED) is 0.804. The second-order valence-electron chi connectivity index (χ2n) is 7.85. The standard InChI is InChI=1S/C20H32N4O3S/c1-4-22-11-13-23(14-12-22)19-6-5-18(15-16(19)2)21-20(25)17-7-9-24(10-8-17)28(3,26)27/h5-6,15,17H,4,7-14H2,1-3H3,(H,21,25). The molecule has 1 aromatic carbocycles. The maximum absolute atomic E-state index is 12.6. The van der Waals surface area contributed by atoms with Gasteiger partial charge in [0.1, 0.15) is 0 Å². The van der Waals surface area contributed by atoms with E-state index in [4.69, 9.17) is 0 Å². The zero-order valence-corrected chi connectivity index (χ0v) is 18.0. The van der Waals surface area contributed by atoms with E-state index in [2.05, 4.69) is 35.0 Å². The van der Waals surface area contributed by atoms with E-state index < -0.39 is 10.0 Å². The Balaban J connectivity index is 1.57. The van der Waals surface area contributed by atoms with E-state index >= 15 is 0 Å². The van der Waals surface area contributed by atoms with Crippen molar-refractivity contribution in [3.8, 4) is 0 Å². The molecular weight excluding hydrogens is 376 g/mol. The predicted molar refractivity (Wildman–Crippen MR) is 113 cm³/mol. The van der Waals surface area contributed by atoms with Crippen LogP contribution in [0.2, 0.25) is 0 Å². The number of anilines is 2. The van der Waals surface area contributed by atoms with Gasteiger partial charge < -0.3 is 15.1 Å². The number of hydrogen-bond donors (Lipinski definition) is 1. The van der Waals surface area contributed by atoms with E-state index in [-0.39, 0.29) is 11.8 Å². The summed E-state index contributed by atoms with van der Waals surface area (Å²) in [6, 6.07) is 6.10. The van der Waals surface area contributed by atoms with Crippen molar-refractivity contribution >= 4 is 27.3 Å². The van der Waals surface area contributed by atoms with Crippen LogP contribution in [0.3, 0.4) is 0 Å². The molecule has 0 bridgehead atoms. The minimum Gasteiger partial charge on any atom is -0.369 e. The third-order valence-corrected chi connectivity index (χ3v) is 7.22. The predicted octanol–water partition coefficient (Wildman–Crippen LogP) is 1.75. The Morgan fingerprint density at radius 3 is 2.29 bits per heavy atom. The number of nitrogens with zero attached hydrogens (tertiary/aromatic N) is 3. The second kappa shape index (κ2) is 8.80. The van der Waals surface area contributed by atoms with E-state index in [0.29, 0.717) is 25.9 Å². The van der Waals surface area contributed by atoms with E-state index in [0.717, 1.165) is 44.0 Å². The van der Waals surface area contributed by atoms with Gasteiger partial charge in [-0.2, -0.15) is 0 Å². The minimum absolute atomic E-state index is 0.0168. The molecular formula is C20H32N4O3S. The fourth-order valence-corrected chi connectivity index (χ4v) is 4.96. The van der Waals surface area contributed by atoms with Crippen LogP contribution in [0.1, 0.15) is 25.3 Å². The zero-order chi connectivity index (χ0) is 20.3. The SMILES string of the molecule is CCN1CCN(c2ccc(NC(=O)C3CCN(S(C)(=O)=O)CC3)cc2C)CC1. The van der Waals surface area contributed by atoms with Crippen molar-refractivity contribution < 1.29 is 13.2 Å². The van der Waals surface area contributed by atoms with Crippen molar-refractivity contribution in [1.29, 1.82) is 0 Å². The Kier molecular flexibility index (Phi) is 6.62. The Morgan fingerprint density at radius 2 is 1.75 bits per heavy atom. The average molecular weight is 409 g/mol. The first-order chi connectivity index (χ1) is 13.3. The number of sulfonamides is 1. The van der Waals surface area contributed by atoms with Gasteiger partial charge in [0.2, 0.25) is 15.9 Å². The third kappa shape index (κ3) is 5.04. The van der Waals surface area contributed by atoms with Crippen LogP contribution >= 0.6 is 0 Å². The second-order valence-corrected chi connectivity index (χ2v) is 9.83. The van der Waals surface area contributed by atoms with Gasteiger partial charge in [0.15, 0.2) is 0 Å². The first-order valence-electron chi connectivity index (χ1n) is 10.1. The molecule has 0 aromatic heterocycles. The first kappa shape index (κ1) is 21.1. The van der Waals surface area contributed by atoms with Gasteiger partial charge in [-0.3, -0.25) is 4.79 Å². The van der Waals surface area contributed by atoms with Crippen LogP contribution in [0.25, 0.3) is 0 Å². The van der Waals surface area contributed by atoms with Crippen molar-refractivity contribution in [2.24, 2.45) is 5.92 Å². The van der Waals surface area contributed by atoms with Crippen molar-refractivity contribution in [3.05, 3.63) is 23.8 Å². The van der Waals surface area contributed by atoms with E-state index in [1.54, 1.807) is 0 Å². The summed E-state index contributed by atoms with van der Waals surface area (Å²) in [6.07, 6.45) is 2.36. The summed E-state index contributed by atoms with van der Waals surface area (Å²) in [5, 5.41) is 3.02. The highest BCUT2D eigenvalue weighted by Crippen LogP contribution is 2.26. The van der Waals surface area contributed by atoms with Crippen LogP contribution in [-0.2, 0) is 14.8 Å². The van der Waals surface area contributed by atoms with E-state index in [9.17, 15) is 13.2 Å². The molecule has 1 amide bonds. The molecule has 3 rings (SSSR count). The number of hydrogen-bond acceptors (Lipinski definition) is 5. The molecule has 0 aliphatic carbocycles. The Morgan fingerprint density at radius 1 is 1.11 bits per heavy atom. The lowest BCUT2D eigenvalue weighted by Gasteiger charge is -2.36. The van der Waals surface area contributed by atoms with Crippen LogP contribution in [0.4, 0.5) is 11.4 Å². The number of carbonyl (C=O) groups excluding carboxylic acids is 1. The summed E-state index contributed by atoms with van der Waals surface area (Å²) in [6.45, 7) is 10.4. The molecule has 2 fully saturated rings. The minimum atomic E-state index is -3.17. The molecule has 1 aromatic rings. The molecule has 2 aliphatic rings. The van der Waals surface area contributed by atoms with Gasteiger partial charge in [0.05, 0.1) is 6.26 Å². The summed E-state index contributed by atoms with van der Waals surface area (Å²) in [7, 11) is -3.17. The van der Waals surface area contributed by atoms with Gasteiger partial charge in [-0.25, -0.2) is 12.7 Å². The molecule has 0 spiro atoms. The van der Waals surface area contributed by atoms with Crippen molar-refractivity contribution in [1.82, 2.24) is 9.21 Å². The van der Waals surface area contributed by atoms with Crippen LogP contribution in [-0.4, -0.2) is 75.6 Å². The highest BCUT2D eigenvalue weighted by atomic mass is 32.2. The fourth-order valence-electron chi connectivity index (χ4n) is 4.09. The monoisotopic (exact) mass is 408 g/mol. The molecule has 1 N–H and O–H groups in total. The number of amides is 1. The lowest BCUT2D eigenvalue weighted by atomic mass is 9.97. The summed E-state index contributed by atoms with van der Waals surface area (Å²) in [4.78, 5) is 17.5. The molecule has 156 valence electrons. The van der Waals surface area contributed by atoms with Gasteiger partial charge in [0, 0.05) is 56.6 Å². The molecule has 0 atom stereocenters. The molecule has 2 aliphatic heterocycles. The van der Waals surface area contributed by atoms with Crippen molar-refractivity contribution in [2.45, 2.75) is 26.7 Å². The third-order valence-electron chi connectivity index (χ3n) is 5.92. The van der Waals surface area contributed by atoms with Gasteiger partial charge in [0.25, 0.3) is 0 Å². The maximum atomic E-state index is 12.6. The molecule has 2 saturated heterocycles. The Bertz CT molecular complexity index is 796. The molecule has 0 unspecified atom stereocenters. The van der Waals surface area contributed by atoms with Crippen molar-refractivity contribution in [3.63, 3.8) is 0 Å². The number of likely N-dealkylation sites (N-methyl/N-ethyl adjacent to an activating group) is 1. The summed E-state index contributed by atoms with van der Waals surface area (Å²) < 4.78 is 24.7. The van der Waals surface area contributed by atoms with E-state index in [1.165, 1.54) is 16.2 Å². The fraction of sp³-hybridized carbons (Fsp3) is 0.650. The number of rotatable bonds is 5. The molecule has 0 saturated carbocycles. The average Bonchev–Trinajstić information content (AvgIpc) is 2.68. The van der Waals surface area contributed by atoms with Crippen molar-refractivity contribution in [2.75, 3.05) is 62.3 Å². The van der Waals surface area contributed by atoms with E-state index in [1.807, 2.05) is 12.1 Å². The molecule has 0 radical (unpaired) electrons. The Labute approximate surface area is 168 Å². The smallest absolute Gasteiger partial charge is 0.227 e. The highest BCUT2D eigenvalue weighted by Gasteiger charge is 2.29. The number of piperazine rings is 1. The van der Waals surface area contributed by atoms with Gasteiger partial charge in [-0.1, -0.05) is 6.92 Å². The normalized spacial score (nSPS) is 20.3. The van der Waals surface area contributed by atoms with Gasteiger partial charge in [-0.15, -0.1) is 0 Å². The number of aryl methyl sites for hydroxylation is 1. The van der Waals surface area contributed by atoms with Gasteiger partial charge >= 0.3 is 0 Å². The molecule has 28 heavy (non-hydrogen) atoms. The highest BCUT2D eigenvalue weighted by molar-refractivity contribution is 7.88. The van der Waals surface area contributed by atoms with Crippen LogP contribution < -0.4 is 10.2 Å².